The molecule has 96 valence electrons. The van der Waals surface area contributed by atoms with E-state index in [1.54, 1.807) is 0 Å². The largest absolute Gasteiger partial charge is 0.326 e. The normalized spacial score (nSPS) is 19.6. The van der Waals surface area contributed by atoms with Gasteiger partial charge < -0.3 is 5.32 Å². The van der Waals surface area contributed by atoms with Crippen LogP contribution in [0.1, 0.15) is 19.4 Å². The van der Waals surface area contributed by atoms with Gasteiger partial charge in [-0.05, 0) is 23.6 Å². The van der Waals surface area contributed by atoms with Crippen molar-refractivity contribution in [2.45, 2.75) is 26.4 Å². The number of nitrogens with one attached hydrogen (secondary N) is 1. The number of rotatable bonds is 3. The molecule has 0 aromatic heterocycles. The first-order valence-electron chi connectivity index (χ1n) is 5.85. The monoisotopic (exact) mass is 310 g/mol. The topological polar surface area (TPSA) is 49.4 Å². The van der Waals surface area contributed by atoms with Crippen molar-refractivity contribution in [1.82, 2.24) is 10.2 Å². The van der Waals surface area contributed by atoms with Gasteiger partial charge in [-0.15, -0.1) is 0 Å². The molecular weight excluding hydrogens is 296 g/mol. The van der Waals surface area contributed by atoms with Crippen molar-refractivity contribution < 1.29 is 9.59 Å². The van der Waals surface area contributed by atoms with Gasteiger partial charge in [-0.3, -0.25) is 9.69 Å². The molecule has 1 unspecified atom stereocenters. The van der Waals surface area contributed by atoms with Crippen LogP contribution in [0.4, 0.5) is 4.79 Å². The number of nitrogens with zero attached hydrogens (tertiary/aromatic N) is 1. The molecule has 1 saturated heterocycles. The van der Waals surface area contributed by atoms with Crippen LogP contribution in [0.2, 0.25) is 0 Å². The minimum absolute atomic E-state index is 0.108. The molecule has 0 aliphatic carbocycles. The van der Waals surface area contributed by atoms with Crippen LogP contribution >= 0.6 is 15.9 Å². The Bertz CT molecular complexity index is 470. The second kappa shape index (κ2) is 5.10. The van der Waals surface area contributed by atoms with Gasteiger partial charge in [-0.1, -0.05) is 41.9 Å². The fourth-order valence-electron chi connectivity index (χ4n) is 1.91. The van der Waals surface area contributed by atoms with Gasteiger partial charge in [-0.2, -0.15) is 0 Å². The maximum absolute atomic E-state index is 12.1. The number of hydrogen-bond acceptors (Lipinski definition) is 2. The summed E-state index contributed by atoms with van der Waals surface area (Å²) in [5, 5.41) is 2.71. The second-order valence-corrected chi connectivity index (χ2v) is 5.64. The number of hydrogen-bond donors (Lipinski definition) is 1. The zero-order valence-electron chi connectivity index (χ0n) is 10.3. The Balaban J connectivity index is 2.12. The molecule has 4 nitrogen and oxygen atoms in total. The fourth-order valence-corrected chi connectivity index (χ4v) is 2.18. The molecule has 2 rings (SSSR count). The molecule has 18 heavy (non-hydrogen) atoms. The first-order chi connectivity index (χ1) is 8.49. The highest BCUT2D eigenvalue weighted by Crippen LogP contribution is 2.18. The van der Waals surface area contributed by atoms with Crippen molar-refractivity contribution in [3.05, 3.63) is 34.3 Å². The van der Waals surface area contributed by atoms with Crippen molar-refractivity contribution >= 4 is 27.9 Å². The summed E-state index contributed by atoms with van der Waals surface area (Å²) in [4.78, 5) is 25.1. The Hall–Kier alpha value is -1.36. The number of imide groups is 1. The van der Waals surface area contributed by atoms with Crippen molar-refractivity contribution in [3.63, 3.8) is 0 Å². The van der Waals surface area contributed by atoms with E-state index in [0.717, 1.165) is 10.0 Å². The van der Waals surface area contributed by atoms with Gasteiger partial charge in [0.05, 0.1) is 6.54 Å². The van der Waals surface area contributed by atoms with Gasteiger partial charge in [0.2, 0.25) is 0 Å². The summed E-state index contributed by atoms with van der Waals surface area (Å²) in [6.07, 6.45) is 0. The van der Waals surface area contributed by atoms with Crippen LogP contribution < -0.4 is 5.32 Å². The molecule has 1 N–H and O–H groups in total. The summed E-state index contributed by atoms with van der Waals surface area (Å²) in [5.41, 5.74) is 0.936. The molecule has 0 radical (unpaired) electrons. The molecule has 0 saturated carbocycles. The van der Waals surface area contributed by atoms with Crippen LogP contribution in [0.25, 0.3) is 0 Å². The van der Waals surface area contributed by atoms with Crippen LogP contribution in [0.3, 0.4) is 0 Å². The van der Waals surface area contributed by atoms with E-state index >= 15 is 0 Å². The Morgan fingerprint density at radius 1 is 1.28 bits per heavy atom. The lowest BCUT2D eigenvalue weighted by Gasteiger charge is -2.14. The average Bonchev–Trinajstić information content (AvgIpc) is 2.60. The lowest BCUT2D eigenvalue weighted by molar-refractivity contribution is -0.128. The van der Waals surface area contributed by atoms with E-state index in [0.29, 0.717) is 6.54 Å². The Labute approximate surface area is 114 Å². The number of amides is 3. The molecule has 1 heterocycles. The molecule has 1 aromatic carbocycles. The standard InChI is InChI=1S/C13H15BrN2O2/c1-8(2)11-12(17)16(13(18)15-11)7-9-3-5-10(14)6-4-9/h3-6,8,11H,7H2,1-2H3,(H,15,18). The summed E-state index contributed by atoms with van der Waals surface area (Å²) in [7, 11) is 0. The smallest absolute Gasteiger partial charge is 0.325 e. The Morgan fingerprint density at radius 2 is 1.89 bits per heavy atom. The SMILES string of the molecule is CC(C)C1NC(=O)N(Cc2ccc(Br)cc2)C1=O. The van der Waals surface area contributed by atoms with E-state index in [1.165, 1.54) is 4.90 Å². The van der Waals surface area contributed by atoms with E-state index in [2.05, 4.69) is 21.2 Å². The molecule has 1 fully saturated rings. The summed E-state index contributed by atoms with van der Waals surface area (Å²) in [5.74, 6) is -0.0331. The van der Waals surface area contributed by atoms with Gasteiger partial charge in [0, 0.05) is 4.47 Å². The van der Waals surface area contributed by atoms with E-state index in [4.69, 9.17) is 0 Å². The third-order valence-corrected chi connectivity index (χ3v) is 3.51. The van der Waals surface area contributed by atoms with Crippen LogP contribution in [0.15, 0.2) is 28.7 Å². The Kier molecular flexibility index (Phi) is 3.71. The summed E-state index contributed by atoms with van der Waals surface area (Å²) >= 11 is 3.35. The van der Waals surface area contributed by atoms with Crippen LogP contribution in [0, 0.1) is 5.92 Å². The quantitative estimate of drug-likeness (QED) is 0.872. The number of halogens is 1. The van der Waals surface area contributed by atoms with Crippen molar-refractivity contribution in [2.75, 3.05) is 0 Å². The van der Waals surface area contributed by atoms with Crippen LogP contribution in [0.5, 0.6) is 0 Å². The number of urea groups is 1. The molecule has 5 heteroatoms. The molecule has 3 amide bonds. The minimum Gasteiger partial charge on any atom is -0.326 e. The first kappa shape index (κ1) is 13.1. The predicted octanol–water partition coefficient (Wildman–Crippen LogP) is 2.53. The lowest BCUT2D eigenvalue weighted by Crippen LogP contribution is -2.34. The highest BCUT2D eigenvalue weighted by atomic mass is 79.9. The zero-order chi connectivity index (χ0) is 13.3. The van der Waals surface area contributed by atoms with Gasteiger partial charge in [-0.25, -0.2) is 4.79 Å². The molecule has 0 spiro atoms. The molecule has 1 aliphatic rings. The van der Waals surface area contributed by atoms with Crippen molar-refractivity contribution in [3.8, 4) is 0 Å². The van der Waals surface area contributed by atoms with E-state index < -0.39 is 6.04 Å². The number of carbonyl (C=O) groups is 2. The predicted molar refractivity (Wildman–Crippen MR) is 71.8 cm³/mol. The van der Waals surface area contributed by atoms with Crippen molar-refractivity contribution in [2.24, 2.45) is 5.92 Å². The number of benzene rings is 1. The average molecular weight is 311 g/mol. The molecule has 0 bridgehead atoms. The van der Waals surface area contributed by atoms with Gasteiger partial charge >= 0.3 is 6.03 Å². The molecule has 1 aromatic rings. The maximum Gasteiger partial charge on any atom is 0.325 e. The molecular formula is C13H15BrN2O2. The lowest BCUT2D eigenvalue weighted by atomic mass is 10.0. The minimum atomic E-state index is -0.395. The van der Waals surface area contributed by atoms with Gasteiger partial charge in [0.25, 0.3) is 5.91 Å². The van der Waals surface area contributed by atoms with Crippen LogP contribution in [-0.4, -0.2) is 22.9 Å². The van der Waals surface area contributed by atoms with E-state index in [-0.39, 0.29) is 17.9 Å². The van der Waals surface area contributed by atoms with Crippen molar-refractivity contribution in [1.29, 1.82) is 0 Å². The third kappa shape index (κ3) is 2.56. The summed E-state index contributed by atoms with van der Waals surface area (Å²) < 4.78 is 0.975. The van der Waals surface area contributed by atoms with Gasteiger partial charge in [0.15, 0.2) is 0 Å². The van der Waals surface area contributed by atoms with E-state index in [9.17, 15) is 9.59 Å². The van der Waals surface area contributed by atoms with E-state index in [1.807, 2.05) is 38.1 Å². The highest BCUT2D eigenvalue weighted by Gasteiger charge is 2.39. The Morgan fingerprint density at radius 3 is 2.39 bits per heavy atom. The summed E-state index contributed by atoms with van der Waals surface area (Å²) in [6.45, 7) is 4.17. The fraction of sp³-hybridized carbons (Fsp3) is 0.385. The zero-order valence-corrected chi connectivity index (χ0v) is 11.9. The molecule has 1 atom stereocenters. The molecule has 1 aliphatic heterocycles. The van der Waals surface area contributed by atoms with Crippen LogP contribution in [-0.2, 0) is 11.3 Å². The number of carbonyl (C=O) groups excluding carboxylic acids is 2. The highest BCUT2D eigenvalue weighted by molar-refractivity contribution is 9.10. The maximum atomic E-state index is 12.1. The first-order valence-corrected chi connectivity index (χ1v) is 6.64. The third-order valence-electron chi connectivity index (χ3n) is 2.98. The van der Waals surface area contributed by atoms with Gasteiger partial charge in [0.1, 0.15) is 6.04 Å². The second-order valence-electron chi connectivity index (χ2n) is 4.72. The summed E-state index contributed by atoms with van der Waals surface area (Å²) in [6, 6.07) is 6.89.